The van der Waals surface area contributed by atoms with Crippen molar-refractivity contribution in [3.63, 3.8) is 0 Å². The summed E-state index contributed by atoms with van der Waals surface area (Å²) in [4.78, 5) is 2.52. The molecule has 1 fully saturated rings. The van der Waals surface area contributed by atoms with Crippen molar-refractivity contribution in [2.75, 3.05) is 13.6 Å². The van der Waals surface area contributed by atoms with E-state index >= 15 is 0 Å². The van der Waals surface area contributed by atoms with Crippen molar-refractivity contribution >= 4 is 0 Å². The summed E-state index contributed by atoms with van der Waals surface area (Å²) in [6, 6.07) is 0.824. The van der Waals surface area contributed by atoms with E-state index in [1.165, 1.54) is 19.4 Å². The first-order valence-electron chi connectivity index (χ1n) is 5.13. The SMILES string of the molecule is CC(C1CCCN1C)C(C)(C)C. The van der Waals surface area contributed by atoms with Crippen LogP contribution in [0.15, 0.2) is 0 Å². The van der Waals surface area contributed by atoms with Gasteiger partial charge in [-0.15, -0.1) is 0 Å². The maximum atomic E-state index is 2.52. The molecule has 0 amide bonds. The highest BCUT2D eigenvalue weighted by atomic mass is 15.1. The zero-order chi connectivity index (χ0) is 9.35. The van der Waals surface area contributed by atoms with Crippen LogP contribution in [0.1, 0.15) is 40.5 Å². The summed E-state index contributed by atoms with van der Waals surface area (Å²) in [5.41, 5.74) is 0.462. The number of nitrogens with zero attached hydrogens (tertiary/aromatic N) is 1. The van der Waals surface area contributed by atoms with Crippen LogP contribution in [0.25, 0.3) is 0 Å². The molecular weight excluding hydrogens is 146 g/mol. The first kappa shape index (κ1) is 10.0. The minimum Gasteiger partial charge on any atom is -0.303 e. The van der Waals surface area contributed by atoms with Gasteiger partial charge in [0.2, 0.25) is 0 Å². The molecular formula is C11H23N. The Balaban J connectivity index is 2.57. The first-order chi connectivity index (χ1) is 5.43. The van der Waals surface area contributed by atoms with Gasteiger partial charge in [0, 0.05) is 6.04 Å². The summed E-state index contributed by atoms with van der Waals surface area (Å²) < 4.78 is 0. The highest BCUT2D eigenvalue weighted by Gasteiger charge is 2.33. The molecule has 0 radical (unpaired) electrons. The summed E-state index contributed by atoms with van der Waals surface area (Å²) in [5, 5.41) is 0. The number of hydrogen-bond acceptors (Lipinski definition) is 1. The molecule has 1 rings (SSSR count). The Morgan fingerprint density at radius 3 is 2.25 bits per heavy atom. The van der Waals surface area contributed by atoms with Gasteiger partial charge < -0.3 is 4.90 Å². The minimum absolute atomic E-state index is 0.462. The van der Waals surface area contributed by atoms with Crippen LogP contribution in [0.2, 0.25) is 0 Å². The maximum absolute atomic E-state index is 2.52. The molecule has 2 unspecified atom stereocenters. The second-order valence-electron chi connectivity index (χ2n) is 5.34. The summed E-state index contributed by atoms with van der Waals surface area (Å²) in [6.45, 7) is 10.7. The number of rotatable bonds is 1. The van der Waals surface area contributed by atoms with Gasteiger partial charge in [-0.2, -0.15) is 0 Å². The Morgan fingerprint density at radius 2 is 1.92 bits per heavy atom. The van der Waals surface area contributed by atoms with Crippen molar-refractivity contribution in [1.29, 1.82) is 0 Å². The Hall–Kier alpha value is -0.0400. The van der Waals surface area contributed by atoms with Gasteiger partial charge in [0.25, 0.3) is 0 Å². The largest absolute Gasteiger partial charge is 0.303 e. The average molecular weight is 169 g/mol. The Labute approximate surface area is 77.1 Å². The monoisotopic (exact) mass is 169 g/mol. The third-order valence-electron chi connectivity index (χ3n) is 3.52. The fourth-order valence-corrected chi connectivity index (χ4v) is 2.14. The number of likely N-dealkylation sites (tertiary alicyclic amines) is 1. The fraction of sp³-hybridized carbons (Fsp3) is 1.00. The van der Waals surface area contributed by atoms with E-state index in [0.29, 0.717) is 5.41 Å². The summed E-state index contributed by atoms with van der Waals surface area (Å²) >= 11 is 0. The van der Waals surface area contributed by atoms with Crippen LogP contribution in [-0.4, -0.2) is 24.5 Å². The van der Waals surface area contributed by atoms with Crippen molar-refractivity contribution in [2.24, 2.45) is 11.3 Å². The van der Waals surface area contributed by atoms with E-state index < -0.39 is 0 Å². The molecule has 0 aromatic carbocycles. The lowest BCUT2D eigenvalue weighted by Gasteiger charge is -2.35. The first-order valence-corrected chi connectivity index (χ1v) is 5.13. The second kappa shape index (κ2) is 3.37. The fourth-order valence-electron chi connectivity index (χ4n) is 2.14. The van der Waals surface area contributed by atoms with E-state index in [9.17, 15) is 0 Å². The predicted molar refractivity (Wildman–Crippen MR) is 54.3 cm³/mol. The van der Waals surface area contributed by atoms with E-state index in [4.69, 9.17) is 0 Å². The quantitative estimate of drug-likeness (QED) is 0.583. The highest BCUT2D eigenvalue weighted by molar-refractivity contribution is 4.86. The number of hydrogen-bond donors (Lipinski definition) is 0. The van der Waals surface area contributed by atoms with Gasteiger partial charge >= 0.3 is 0 Å². The molecule has 0 aliphatic carbocycles. The molecule has 2 atom stereocenters. The summed E-state index contributed by atoms with van der Waals surface area (Å²) in [5.74, 6) is 0.810. The molecule has 1 nitrogen and oxygen atoms in total. The minimum atomic E-state index is 0.462. The van der Waals surface area contributed by atoms with Crippen molar-refractivity contribution in [3.8, 4) is 0 Å². The summed E-state index contributed by atoms with van der Waals surface area (Å²) in [7, 11) is 2.26. The van der Waals surface area contributed by atoms with Crippen LogP contribution in [0.4, 0.5) is 0 Å². The van der Waals surface area contributed by atoms with Crippen LogP contribution in [0.5, 0.6) is 0 Å². The molecule has 1 heteroatoms. The lowest BCUT2D eigenvalue weighted by molar-refractivity contribution is 0.137. The van der Waals surface area contributed by atoms with Crippen molar-refractivity contribution in [1.82, 2.24) is 4.90 Å². The molecule has 1 heterocycles. The van der Waals surface area contributed by atoms with E-state index in [2.05, 4.69) is 39.6 Å². The van der Waals surface area contributed by atoms with Crippen LogP contribution in [0.3, 0.4) is 0 Å². The molecule has 72 valence electrons. The molecule has 0 aromatic rings. The van der Waals surface area contributed by atoms with Crippen LogP contribution < -0.4 is 0 Å². The van der Waals surface area contributed by atoms with Gasteiger partial charge in [0.05, 0.1) is 0 Å². The van der Waals surface area contributed by atoms with E-state index in [1.54, 1.807) is 0 Å². The molecule has 0 bridgehead atoms. The smallest absolute Gasteiger partial charge is 0.0123 e. The lowest BCUT2D eigenvalue weighted by atomic mass is 9.77. The zero-order valence-corrected chi connectivity index (χ0v) is 9.22. The Morgan fingerprint density at radius 1 is 1.33 bits per heavy atom. The van der Waals surface area contributed by atoms with Gasteiger partial charge in [0.1, 0.15) is 0 Å². The molecule has 1 aliphatic heterocycles. The molecule has 1 saturated heterocycles. The zero-order valence-electron chi connectivity index (χ0n) is 9.22. The van der Waals surface area contributed by atoms with Gasteiger partial charge in [0.15, 0.2) is 0 Å². The topological polar surface area (TPSA) is 3.24 Å². The highest BCUT2D eigenvalue weighted by Crippen LogP contribution is 2.34. The molecule has 0 saturated carbocycles. The van der Waals surface area contributed by atoms with Gasteiger partial charge in [-0.25, -0.2) is 0 Å². The summed E-state index contributed by atoms with van der Waals surface area (Å²) in [6.07, 6.45) is 2.79. The average Bonchev–Trinajstić information content (AvgIpc) is 2.31. The van der Waals surface area contributed by atoms with Gasteiger partial charge in [-0.05, 0) is 37.8 Å². The Kier molecular flexibility index (Phi) is 2.82. The molecule has 12 heavy (non-hydrogen) atoms. The second-order valence-corrected chi connectivity index (χ2v) is 5.34. The van der Waals surface area contributed by atoms with Gasteiger partial charge in [-0.1, -0.05) is 27.7 Å². The predicted octanol–water partition coefficient (Wildman–Crippen LogP) is 2.76. The van der Waals surface area contributed by atoms with Crippen molar-refractivity contribution in [2.45, 2.75) is 46.6 Å². The Bertz CT molecular complexity index is 146. The third kappa shape index (κ3) is 2.01. The molecule has 0 aromatic heterocycles. The third-order valence-corrected chi connectivity index (χ3v) is 3.52. The normalized spacial score (nSPS) is 29.2. The van der Waals surface area contributed by atoms with Crippen molar-refractivity contribution in [3.05, 3.63) is 0 Å². The molecule has 0 N–H and O–H groups in total. The van der Waals surface area contributed by atoms with E-state index in [0.717, 1.165) is 12.0 Å². The lowest BCUT2D eigenvalue weighted by Crippen LogP contribution is -2.37. The van der Waals surface area contributed by atoms with Crippen molar-refractivity contribution < 1.29 is 0 Å². The van der Waals surface area contributed by atoms with Crippen LogP contribution in [0, 0.1) is 11.3 Å². The molecule has 1 aliphatic rings. The molecule has 0 spiro atoms. The maximum Gasteiger partial charge on any atom is 0.0123 e. The van der Waals surface area contributed by atoms with E-state index in [-0.39, 0.29) is 0 Å². The van der Waals surface area contributed by atoms with Crippen LogP contribution in [-0.2, 0) is 0 Å². The van der Waals surface area contributed by atoms with Crippen LogP contribution >= 0.6 is 0 Å². The van der Waals surface area contributed by atoms with E-state index in [1.807, 2.05) is 0 Å². The van der Waals surface area contributed by atoms with Gasteiger partial charge in [-0.3, -0.25) is 0 Å². The standard InChI is InChI=1S/C11H23N/c1-9(11(2,3)4)10-7-6-8-12(10)5/h9-10H,6-8H2,1-5H3.